The first-order chi connectivity index (χ1) is 7.59. The molecule has 4 heteroatoms. The Morgan fingerprint density at radius 3 is 2.56 bits per heavy atom. The standard InChI is InChI=1S/C12H17NO3/c1-10(9-13(15)16)12(14)8-7-11-5-3-2-4-6-11/h2-6,10,12,14H,7-9H2,1H3/t10-,12+/m1/s1. The largest absolute Gasteiger partial charge is 0.393 e. The highest BCUT2D eigenvalue weighted by Gasteiger charge is 2.18. The number of aliphatic hydroxyl groups excluding tert-OH is 1. The van der Waals surface area contributed by atoms with E-state index in [9.17, 15) is 15.2 Å². The lowest BCUT2D eigenvalue weighted by Gasteiger charge is -2.14. The third-order valence-corrected chi connectivity index (χ3v) is 2.67. The Hall–Kier alpha value is -1.42. The molecule has 0 aliphatic heterocycles. The number of hydrogen-bond acceptors (Lipinski definition) is 3. The Morgan fingerprint density at radius 2 is 2.00 bits per heavy atom. The zero-order valence-electron chi connectivity index (χ0n) is 9.37. The molecule has 1 aromatic carbocycles. The van der Waals surface area contributed by atoms with Crippen LogP contribution in [0, 0.1) is 16.0 Å². The number of rotatable bonds is 6. The molecule has 0 aliphatic rings. The van der Waals surface area contributed by atoms with Crippen molar-refractivity contribution in [3.63, 3.8) is 0 Å². The van der Waals surface area contributed by atoms with Crippen LogP contribution >= 0.6 is 0 Å². The first-order valence-corrected chi connectivity index (χ1v) is 5.43. The van der Waals surface area contributed by atoms with E-state index in [4.69, 9.17) is 0 Å². The highest BCUT2D eigenvalue weighted by Crippen LogP contribution is 2.11. The molecule has 0 radical (unpaired) electrons. The second-order valence-electron chi connectivity index (χ2n) is 4.08. The van der Waals surface area contributed by atoms with Crippen molar-refractivity contribution in [3.8, 4) is 0 Å². The normalized spacial score (nSPS) is 14.4. The van der Waals surface area contributed by atoms with E-state index >= 15 is 0 Å². The lowest BCUT2D eigenvalue weighted by Crippen LogP contribution is -2.25. The topological polar surface area (TPSA) is 63.4 Å². The smallest absolute Gasteiger partial charge is 0.208 e. The van der Waals surface area contributed by atoms with Crippen molar-refractivity contribution in [1.29, 1.82) is 0 Å². The number of benzene rings is 1. The molecule has 16 heavy (non-hydrogen) atoms. The maximum atomic E-state index is 10.3. The van der Waals surface area contributed by atoms with E-state index in [1.807, 2.05) is 30.3 Å². The molecule has 2 atom stereocenters. The van der Waals surface area contributed by atoms with Gasteiger partial charge in [-0.25, -0.2) is 0 Å². The van der Waals surface area contributed by atoms with Crippen molar-refractivity contribution in [1.82, 2.24) is 0 Å². The zero-order valence-corrected chi connectivity index (χ0v) is 9.37. The van der Waals surface area contributed by atoms with Crippen LogP contribution in [0.4, 0.5) is 0 Å². The van der Waals surface area contributed by atoms with Gasteiger partial charge in [0.15, 0.2) is 0 Å². The Morgan fingerprint density at radius 1 is 1.38 bits per heavy atom. The Labute approximate surface area is 95.1 Å². The maximum absolute atomic E-state index is 10.3. The molecule has 0 spiro atoms. The molecule has 0 aliphatic carbocycles. The minimum absolute atomic E-state index is 0.171. The van der Waals surface area contributed by atoms with Crippen molar-refractivity contribution >= 4 is 0 Å². The van der Waals surface area contributed by atoms with Gasteiger partial charge in [0, 0.05) is 10.8 Å². The molecule has 0 saturated heterocycles. The minimum atomic E-state index is -0.606. The number of hydrogen-bond donors (Lipinski definition) is 1. The van der Waals surface area contributed by atoms with Crippen LogP contribution in [-0.2, 0) is 6.42 Å². The van der Waals surface area contributed by atoms with Crippen LogP contribution in [0.25, 0.3) is 0 Å². The van der Waals surface area contributed by atoms with Crippen LogP contribution < -0.4 is 0 Å². The molecule has 1 N–H and O–H groups in total. The van der Waals surface area contributed by atoms with E-state index in [-0.39, 0.29) is 17.4 Å². The van der Waals surface area contributed by atoms with Crippen molar-refractivity contribution < 1.29 is 10.0 Å². The van der Waals surface area contributed by atoms with Gasteiger partial charge in [-0.1, -0.05) is 37.3 Å². The minimum Gasteiger partial charge on any atom is -0.393 e. The maximum Gasteiger partial charge on any atom is 0.208 e. The zero-order chi connectivity index (χ0) is 12.0. The molecule has 0 amide bonds. The van der Waals surface area contributed by atoms with Crippen molar-refractivity contribution in [2.75, 3.05) is 6.54 Å². The van der Waals surface area contributed by atoms with Crippen molar-refractivity contribution in [2.24, 2.45) is 5.92 Å². The fourth-order valence-electron chi connectivity index (χ4n) is 1.60. The molecular formula is C12H17NO3. The summed E-state index contributed by atoms with van der Waals surface area (Å²) in [4.78, 5) is 9.90. The summed E-state index contributed by atoms with van der Waals surface area (Å²) in [5, 5.41) is 20.0. The van der Waals surface area contributed by atoms with E-state index in [1.54, 1.807) is 6.92 Å². The Balaban J connectivity index is 2.35. The van der Waals surface area contributed by atoms with Gasteiger partial charge in [-0.15, -0.1) is 0 Å². The fourth-order valence-corrected chi connectivity index (χ4v) is 1.60. The second-order valence-corrected chi connectivity index (χ2v) is 4.08. The predicted octanol–water partition coefficient (Wildman–Crippen LogP) is 1.89. The molecule has 4 nitrogen and oxygen atoms in total. The number of aryl methyl sites for hydroxylation is 1. The predicted molar refractivity (Wildman–Crippen MR) is 61.8 cm³/mol. The summed E-state index contributed by atoms with van der Waals surface area (Å²) in [5.74, 6) is -0.293. The summed E-state index contributed by atoms with van der Waals surface area (Å²) in [6, 6.07) is 9.81. The summed E-state index contributed by atoms with van der Waals surface area (Å²) in [6.45, 7) is 1.54. The summed E-state index contributed by atoms with van der Waals surface area (Å²) >= 11 is 0. The molecular weight excluding hydrogens is 206 g/mol. The van der Waals surface area contributed by atoms with Crippen LogP contribution in [0.1, 0.15) is 18.9 Å². The van der Waals surface area contributed by atoms with Crippen molar-refractivity contribution in [2.45, 2.75) is 25.9 Å². The molecule has 0 saturated carbocycles. The molecule has 0 aromatic heterocycles. The lowest BCUT2D eigenvalue weighted by molar-refractivity contribution is -0.489. The number of aliphatic hydroxyl groups is 1. The quantitative estimate of drug-likeness (QED) is 0.591. The third-order valence-electron chi connectivity index (χ3n) is 2.67. The summed E-state index contributed by atoms with van der Waals surface area (Å²) in [5.41, 5.74) is 1.15. The molecule has 88 valence electrons. The van der Waals surface area contributed by atoms with Crippen molar-refractivity contribution in [3.05, 3.63) is 46.0 Å². The summed E-state index contributed by atoms with van der Waals surface area (Å²) in [7, 11) is 0. The van der Waals surface area contributed by atoms with Gasteiger partial charge in [-0.05, 0) is 18.4 Å². The fraction of sp³-hybridized carbons (Fsp3) is 0.500. The van der Waals surface area contributed by atoms with Gasteiger partial charge in [-0.3, -0.25) is 10.1 Å². The average molecular weight is 223 g/mol. The first-order valence-electron chi connectivity index (χ1n) is 5.43. The third kappa shape index (κ3) is 4.40. The van der Waals surface area contributed by atoms with E-state index in [0.29, 0.717) is 6.42 Å². The average Bonchev–Trinajstić information content (AvgIpc) is 2.26. The SMILES string of the molecule is C[C@H](C[N+](=O)[O-])[C@@H](O)CCc1ccccc1. The van der Waals surface area contributed by atoms with Crippen LogP contribution in [0.15, 0.2) is 30.3 Å². The highest BCUT2D eigenvalue weighted by atomic mass is 16.6. The summed E-state index contributed by atoms with van der Waals surface area (Å²) < 4.78 is 0. The molecule has 0 heterocycles. The van der Waals surface area contributed by atoms with Gasteiger partial charge < -0.3 is 5.11 Å². The second kappa shape index (κ2) is 6.23. The summed E-state index contributed by atoms with van der Waals surface area (Å²) in [6.07, 6.45) is 0.717. The van der Waals surface area contributed by atoms with Gasteiger partial charge in [-0.2, -0.15) is 0 Å². The van der Waals surface area contributed by atoms with Gasteiger partial charge in [0.05, 0.1) is 6.10 Å². The molecule has 1 rings (SSSR count). The molecule has 0 bridgehead atoms. The van der Waals surface area contributed by atoms with E-state index in [2.05, 4.69) is 0 Å². The molecule has 1 aromatic rings. The van der Waals surface area contributed by atoms with Gasteiger partial charge in [0.25, 0.3) is 0 Å². The lowest BCUT2D eigenvalue weighted by atomic mass is 9.98. The van der Waals surface area contributed by atoms with E-state index < -0.39 is 6.10 Å². The Bertz CT molecular complexity index is 326. The first kappa shape index (κ1) is 12.6. The monoisotopic (exact) mass is 223 g/mol. The van der Waals surface area contributed by atoms with Crippen LogP contribution in [-0.4, -0.2) is 22.7 Å². The van der Waals surface area contributed by atoms with E-state index in [0.717, 1.165) is 12.0 Å². The highest BCUT2D eigenvalue weighted by molar-refractivity contribution is 5.14. The number of nitro groups is 1. The Kier molecular flexibility index (Phi) is 4.92. The van der Waals surface area contributed by atoms with Crippen LogP contribution in [0.5, 0.6) is 0 Å². The molecule has 0 unspecified atom stereocenters. The van der Waals surface area contributed by atoms with Crippen LogP contribution in [0.2, 0.25) is 0 Å². The molecule has 0 fully saturated rings. The van der Waals surface area contributed by atoms with Gasteiger partial charge in [0.1, 0.15) is 0 Å². The van der Waals surface area contributed by atoms with Crippen LogP contribution in [0.3, 0.4) is 0 Å². The van der Waals surface area contributed by atoms with Gasteiger partial charge >= 0.3 is 0 Å². The van der Waals surface area contributed by atoms with E-state index in [1.165, 1.54) is 0 Å². The number of nitrogens with zero attached hydrogens (tertiary/aromatic N) is 1. The van der Waals surface area contributed by atoms with Gasteiger partial charge in [0.2, 0.25) is 6.54 Å².